The van der Waals surface area contributed by atoms with Gasteiger partial charge in [0.05, 0.1) is 5.56 Å². The van der Waals surface area contributed by atoms with Gasteiger partial charge in [-0.05, 0) is 37.6 Å². The minimum atomic E-state index is -0.886. The van der Waals surface area contributed by atoms with Gasteiger partial charge in [-0.2, -0.15) is 0 Å². The largest absolute Gasteiger partial charge is 0.478 e. The number of benzene rings is 1. The fourth-order valence-corrected chi connectivity index (χ4v) is 1.93. The molecule has 0 bridgehead atoms. The third-order valence-corrected chi connectivity index (χ3v) is 2.82. The second-order valence-electron chi connectivity index (χ2n) is 4.06. The van der Waals surface area contributed by atoms with Crippen LogP contribution in [0.4, 0.5) is 5.69 Å². The summed E-state index contributed by atoms with van der Waals surface area (Å²) in [5.74, 6) is -0.886. The van der Waals surface area contributed by atoms with Gasteiger partial charge in [-0.25, -0.2) is 4.79 Å². The Labute approximate surface area is 94.7 Å². The predicted octanol–water partition coefficient (Wildman–Crippen LogP) is 1.55. The molecule has 0 saturated carbocycles. The van der Waals surface area contributed by atoms with Gasteiger partial charge >= 0.3 is 5.97 Å². The zero-order valence-corrected chi connectivity index (χ0v) is 9.07. The molecule has 0 aromatic heterocycles. The second-order valence-corrected chi connectivity index (χ2v) is 4.06. The van der Waals surface area contributed by atoms with Crippen molar-refractivity contribution in [2.24, 2.45) is 0 Å². The second kappa shape index (κ2) is 4.99. The van der Waals surface area contributed by atoms with E-state index in [4.69, 9.17) is 5.11 Å². The molecule has 16 heavy (non-hydrogen) atoms. The Balaban J connectivity index is 1.93. The van der Waals surface area contributed by atoms with Crippen LogP contribution in [0.1, 0.15) is 23.2 Å². The number of nitrogens with one attached hydrogen (secondary N) is 2. The molecule has 1 aliphatic rings. The molecule has 2 rings (SSSR count). The lowest BCUT2D eigenvalue weighted by Gasteiger charge is -2.12. The van der Waals surface area contributed by atoms with Gasteiger partial charge in [-0.1, -0.05) is 6.07 Å². The van der Waals surface area contributed by atoms with E-state index in [1.165, 1.54) is 12.8 Å². The van der Waals surface area contributed by atoms with Crippen molar-refractivity contribution in [1.82, 2.24) is 5.32 Å². The molecular formula is C12H16N2O2. The van der Waals surface area contributed by atoms with Crippen LogP contribution < -0.4 is 10.6 Å². The lowest BCUT2D eigenvalue weighted by atomic mass is 10.2. The van der Waals surface area contributed by atoms with Crippen molar-refractivity contribution < 1.29 is 9.90 Å². The van der Waals surface area contributed by atoms with Crippen molar-refractivity contribution in [3.05, 3.63) is 29.8 Å². The van der Waals surface area contributed by atoms with Gasteiger partial charge in [0.15, 0.2) is 0 Å². The third-order valence-electron chi connectivity index (χ3n) is 2.82. The maximum absolute atomic E-state index is 10.8. The van der Waals surface area contributed by atoms with Gasteiger partial charge in [0.25, 0.3) is 0 Å². The SMILES string of the molecule is O=C(O)c1cccc(NCC2CCCN2)c1. The highest BCUT2D eigenvalue weighted by Gasteiger charge is 2.13. The van der Waals surface area contributed by atoms with Crippen molar-refractivity contribution in [3.8, 4) is 0 Å². The topological polar surface area (TPSA) is 61.4 Å². The molecule has 1 fully saturated rings. The standard InChI is InChI=1S/C12H16N2O2/c15-12(16)9-3-1-4-10(7-9)14-8-11-5-2-6-13-11/h1,3-4,7,11,13-14H,2,5-6,8H2,(H,15,16). The summed E-state index contributed by atoms with van der Waals surface area (Å²) >= 11 is 0. The molecule has 0 amide bonds. The third kappa shape index (κ3) is 2.73. The van der Waals surface area contributed by atoms with Crippen molar-refractivity contribution in [2.75, 3.05) is 18.4 Å². The summed E-state index contributed by atoms with van der Waals surface area (Å²) in [5.41, 5.74) is 1.19. The summed E-state index contributed by atoms with van der Waals surface area (Å²) in [6, 6.07) is 7.42. The molecule has 1 aromatic carbocycles. The summed E-state index contributed by atoms with van der Waals surface area (Å²) in [6.07, 6.45) is 2.41. The zero-order chi connectivity index (χ0) is 11.4. The Kier molecular flexibility index (Phi) is 3.41. The predicted molar refractivity (Wildman–Crippen MR) is 62.9 cm³/mol. The molecule has 1 heterocycles. The van der Waals surface area contributed by atoms with E-state index >= 15 is 0 Å². The van der Waals surface area contributed by atoms with Gasteiger partial charge in [-0.15, -0.1) is 0 Å². The molecule has 0 spiro atoms. The molecule has 0 radical (unpaired) electrons. The number of anilines is 1. The highest BCUT2D eigenvalue weighted by atomic mass is 16.4. The van der Waals surface area contributed by atoms with Crippen LogP contribution >= 0.6 is 0 Å². The van der Waals surface area contributed by atoms with Gasteiger partial charge < -0.3 is 15.7 Å². The Bertz CT molecular complexity index is 373. The molecule has 4 heteroatoms. The fourth-order valence-electron chi connectivity index (χ4n) is 1.93. The molecule has 1 saturated heterocycles. The Morgan fingerprint density at radius 1 is 1.56 bits per heavy atom. The molecule has 3 N–H and O–H groups in total. The average molecular weight is 220 g/mol. The van der Waals surface area contributed by atoms with Gasteiger partial charge in [0.1, 0.15) is 0 Å². The highest BCUT2D eigenvalue weighted by molar-refractivity contribution is 5.88. The Morgan fingerprint density at radius 3 is 3.12 bits per heavy atom. The van der Waals surface area contributed by atoms with Crippen molar-refractivity contribution >= 4 is 11.7 Å². The first-order chi connectivity index (χ1) is 7.75. The molecule has 0 aliphatic carbocycles. The first-order valence-corrected chi connectivity index (χ1v) is 5.56. The Hall–Kier alpha value is -1.55. The van der Waals surface area contributed by atoms with E-state index in [2.05, 4.69) is 10.6 Å². The maximum atomic E-state index is 10.8. The minimum Gasteiger partial charge on any atom is -0.478 e. The Morgan fingerprint density at radius 2 is 2.44 bits per heavy atom. The molecule has 1 atom stereocenters. The van der Waals surface area contributed by atoms with Crippen LogP contribution in [0.25, 0.3) is 0 Å². The average Bonchev–Trinajstić information content (AvgIpc) is 2.79. The molecule has 1 unspecified atom stereocenters. The molecule has 4 nitrogen and oxygen atoms in total. The first kappa shape index (κ1) is 11.0. The van der Waals surface area contributed by atoms with E-state index in [-0.39, 0.29) is 0 Å². The number of carbonyl (C=O) groups is 1. The van der Waals surface area contributed by atoms with Crippen molar-refractivity contribution in [1.29, 1.82) is 0 Å². The van der Waals surface area contributed by atoms with E-state index in [0.717, 1.165) is 18.8 Å². The number of rotatable bonds is 4. The number of hydrogen-bond donors (Lipinski definition) is 3. The maximum Gasteiger partial charge on any atom is 0.335 e. The lowest BCUT2D eigenvalue weighted by Crippen LogP contribution is -2.29. The molecule has 1 aromatic rings. The summed E-state index contributed by atoms with van der Waals surface area (Å²) in [7, 11) is 0. The van der Waals surface area contributed by atoms with Crippen molar-refractivity contribution in [3.63, 3.8) is 0 Å². The van der Waals surface area contributed by atoms with E-state index in [0.29, 0.717) is 11.6 Å². The summed E-state index contributed by atoms with van der Waals surface area (Å²) in [4.78, 5) is 10.8. The minimum absolute atomic E-state index is 0.324. The molecule has 1 aliphatic heterocycles. The van der Waals surface area contributed by atoms with E-state index in [9.17, 15) is 4.79 Å². The van der Waals surface area contributed by atoms with Crippen LogP contribution in [0, 0.1) is 0 Å². The van der Waals surface area contributed by atoms with Crippen LogP contribution in [0.5, 0.6) is 0 Å². The van der Waals surface area contributed by atoms with Gasteiger partial charge in [0, 0.05) is 18.3 Å². The van der Waals surface area contributed by atoms with Crippen LogP contribution in [-0.2, 0) is 0 Å². The van der Waals surface area contributed by atoms with E-state index in [1.54, 1.807) is 18.2 Å². The van der Waals surface area contributed by atoms with Crippen LogP contribution in [0.2, 0.25) is 0 Å². The quantitative estimate of drug-likeness (QED) is 0.720. The fraction of sp³-hybridized carbons (Fsp3) is 0.417. The number of carboxylic acid groups (broad SMARTS) is 1. The smallest absolute Gasteiger partial charge is 0.335 e. The van der Waals surface area contributed by atoms with Gasteiger partial charge in [0.2, 0.25) is 0 Å². The highest BCUT2D eigenvalue weighted by Crippen LogP contribution is 2.12. The number of aromatic carboxylic acids is 1. The number of carboxylic acids is 1. The lowest BCUT2D eigenvalue weighted by molar-refractivity contribution is 0.0697. The normalized spacial score (nSPS) is 19.6. The summed E-state index contributed by atoms with van der Waals surface area (Å²) in [6.45, 7) is 1.94. The monoisotopic (exact) mass is 220 g/mol. The van der Waals surface area contributed by atoms with E-state index < -0.39 is 5.97 Å². The van der Waals surface area contributed by atoms with Crippen molar-refractivity contribution in [2.45, 2.75) is 18.9 Å². The molecular weight excluding hydrogens is 204 g/mol. The van der Waals surface area contributed by atoms with Crippen LogP contribution in [0.3, 0.4) is 0 Å². The number of hydrogen-bond acceptors (Lipinski definition) is 3. The van der Waals surface area contributed by atoms with E-state index in [1.807, 2.05) is 6.07 Å². The first-order valence-electron chi connectivity index (χ1n) is 5.56. The summed E-state index contributed by atoms with van der Waals surface area (Å²) < 4.78 is 0. The van der Waals surface area contributed by atoms with Gasteiger partial charge in [-0.3, -0.25) is 0 Å². The molecule has 86 valence electrons. The van der Waals surface area contributed by atoms with Crippen LogP contribution in [0.15, 0.2) is 24.3 Å². The van der Waals surface area contributed by atoms with Crippen LogP contribution in [-0.4, -0.2) is 30.2 Å². The summed E-state index contributed by atoms with van der Waals surface area (Å²) in [5, 5.41) is 15.5. The zero-order valence-electron chi connectivity index (χ0n) is 9.07.